The number of ether oxygens (including phenoxy) is 1. The van der Waals surface area contributed by atoms with Crippen LogP contribution in [0.2, 0.25) is 0 Å². The quantitative estimate of drug-likeness (QED) is 0.832. The fourth-order valence-electron chi connectivity index (χ4n) is 2.06. The van der Waals surface area contributed by atoms with E-state index in [1.165, 1.54) is 6.07 Å². The van der Waals surface area contributed by atoms with Crippen LogP contribution in [-0.4, -0.2) is 24.3 Å². The van der Waals surface area contributed by atoms with Crippen LogP contribution in [0.5, 0.6) is 0 Å². The molecule has 2 unspecified atom stereocenters. The Morgan fingerprint density at radius 2 is 1.96 bits per heavy atom. The number of carbonyl (C=O) groups excluding carboxylic acids is 1. The Hall–Kier alpha value is -1.69. The lowest BCUT2D eigenvalue weighted by Crippen LogP contribution is -2.44. The summed E-state index contributed by atoms with van der Waals surface area (Å²) in [6, 6.07) is 3.56. The summed E-state index contributed by atoms with van der Waals surface area (Å²) in [5, 5.41) is 5.87. The Bertz CT molecular complexity index is 530. The van der Waals surface area contributed by atoms with Gasteiger partial charge in [-0.1, -0.05) is 19.1 Å². The van der Waals surface area contributed by atoms with Crippen molar-refractivity contribution in [2.75, 3.05) is 6.54 Å². The van der Waals surface area contributed by atoms with Crippen LogP contribution < -0.4 is 10.6 Å². The second kappa shape index (κ2) is 8.24. The van der Waals surface area contributed by atoms with Gasteiger partial charge in [0.1, 0.15) is 5.60 Å². The topological polar surface area (TPSA) is 50.4 Å². The first-order valence-electron chi connectivity index (χ1n) is 7.80. The fourth-order valence-corrected chi connectivity index (χ4v) is 2.06. The molecule has 2 atom stereocenters. The van der Waals surface area contributed by atoms with Gasteiger partial charge in [0.25, 0.3) is 0 Å². The number of carbonyl (C=O) groups is 1. The normalized spacial score (nSPS) is 14.2. The van der Waals surface area contributed by atoms with Gasteiger partial charge in [0.2, 0.25) is 0 Å². The van der Waals surface area contributed by atoms with Crippen LogP contribution in [0.15, 0.2) is 18.2 Å². The van der Waals surface area contributed by atoms with E-state index in [2.05, 4.69) is 10.6 Å². The van der Waals surface area contributed by atoms with E-state index in [1.54, 1.807) is 33.8 Å². The Labute approximate surface area is 136 Å². The predicted molar refractivity (Wildman–Crippen MR) is 86.2 cm³/mol. The second-order valence-corrected chi connectivity index (χ2v) is 6.52. The van der Waals surface area contributed by atoms with E-state index in [1.807, 2.05) is 6.92 Å². The maximum Gasteiger partial charge on any atom is 0.407 e. The van der Waals surface area contributed by atoms with Gasteiger partial charge in [-0.15, -0.1) is 0 Å². The highest BCUT2D eigenvalue weighted by Crippen LogP contribution is 2.18. The Kier molecular flexibility index (Phi) is 6.94. The van der Waals surface area contributed by atoms with Crippen LogP contribution in [0.25, 0.3) is 0 Å². The summed E-state index contributed by atoms with van der Waals surface area (Å²) in [5.41, 5.74) is -0.300. The number of benzene rings is 1. The minimum Gasteiger partial charge on any atom is -0.444 e. The third-order valence-corrected chi connectivity index (χ3v) is 3.33. The van der Waals surface area contributed by atoms with Crippen molar-refractivity contribution < 1.29 is 18.3 Å². The van der Waals surface area contributed by atoms with Crippen molar-refractivity contribution in [3.8, 4) is 0 Å². The van der Waals surface area contributed by atoms with E-state index in [0.29, 0.717) is 13.0 Å². The second-order valence-electron chi connectivity index (χ2n) is 6.52. The van der Waals surface area contributed by atoms with Crippen LogP contribution in [0.4, 0.5) is 13.6 Å². The number of amides is 1. The van der Waals surface area contributed by atoms with E-state index in [4.69, 9.17) is 4.74 Å². The fraction of sp³-hybridized carbons (Fsp3) is 0.588. The molecule has 0 aliphatic rings. The van der Waals surface area contributed by atoms with Crippen molar-refractivity contribution in [1.82, 2.24) is 10.6 Å². The van der Waals surface area contributed by atoms with Crippen LogP contribution in [0.3, 0.4) is 0 Å². The van der Waals surface area contributed by atoms with Crippen LogP contribution in [-0.2, 0) is 4.74 Å². The lowest BCUT2D eigenvalue weighted by Gasteiger charge is -2.24. The molecule has 0 saturated heterocycles. The summed E-state index contributed by atoms with van der Waals surface area (Å²) < 4.78 is 32.2. The molecule has 1 amide bonds. The molecule has 1 aromatic rings. The van der Waals surface area contributed by atoms with Gasteiger partial charge in [-0.2, -0.15) is 0 Å². The Balaban J connectivity index is 2.57. The third-order valence-electron chi connectivity index (χ3n) is 3.33. The van der Waals surface area contributed by atoms with Crippen molar-refractivity contribution in [1.29, 1.82) is 0 Å². The molecule has 6 heteroatoms. The maximum absolute atomic E-state index is 13.7. The van der Waals surface area contributed by atoms with Crippen LogP contribution >= 0.6 is 0 Å². The summed E-state index contributed by atoms with van der Waals surface area (Å²) in [6.07, 6.45) is 0.195. The number of nitrogens with one attached hydrogen (secondary N) is 2. The van der Waals surface area contributed by atoms with Crippen LogP contribution in [0.1, 0.15) is 52.6 Å². The van der Waals surface area contributed by atoms with E-state index in [-0.39, 0.29) is 17.6 Å². The molecule has 23 heavy (non-hydrogen) atoms. The highest BCUT2D eigenvalue weighted by Gasteiger charge is 2.20. The molecule has 2 N–H and O–H groups in total. The van der Waals surface area contributed by atoms with E-state index in [9.17, 15) is 13.6 Å². The molecule has 0 fully saturated rings. The Morgan fingerprint density at radius 3 is 2.52 bits per heavy atom. The molecule has 0 heterocycles. The first-order chi connectivity index (χ1) is 10.6. The van der Waals surface area contributed by atoms with Gasteiger partial charge in [-0.3, -0.25) is 0 Å². The third kappa shape index (κ3) is 6.52. The number of hydrogen-bond acceptors (Lipinski definition) is 3. The molecular weight excluding hydrogens is 302 g/mol. The molecular formula is C17H26F2N2O2. The van der Waals surface area contributed by atoms with Crippen LogP contribution in [0, 0.1) is 11.6 Å². The molecule has 0 spiro atoms. The zero-order chi connectivity index (χ0) is 17.6. The SMILES string of the molecule is CCC(CNC(C)c1cccc(F)c1F)NC(=O)OC(C)(C)C. The van der Waals surface area contributed by atoms with Gasteiger partial charge in [0, 0.05) is 24.2 Å². The average Bonchev–Trinajstić information content (AvgIpc) is 2.44. The number of halogens is 2. The van der Waals surface area contributed by atoms with Gasteiger partial charge in [0.05, 0.1) is 0 Å². The van der Waals surface area contributed by atoms with Crippen molar-refractivity contribution in [3.63, 3.8) is 0 Å². The zero-order valence-corrected chi connectivity index (χ0v) is 14.4. The molecule has 4 nitrogen and oxygen atoms in total. The molecule has 0 aliphatic carbocycles. The van der Waals surface area contributed by atoms with Gasteiger partial charge < -0.3 is 15.4 Å². The molecule has 0 aliphatic heterocycles. The molecule has 0 bridgehead atoms. The molecule has 0 aromatic heterocycles. The van der Waals surface area contributed by atoms with Gasteiger partial charge in [0.15, 0.2) is 11.6 Å². The summed E-state index contributed by atoms with van der Waals surface area (Å²) >= 11 is 0. The van der Waals surface area contributed by atoms with E-state index in [0.717, 1.165) is 6.07 Å². The molecule has 0 saturated carbocycles. The smallest absolute Gasteiger partial charge is 0.407 e. The van der Waals surface area contributed by atoms with E-state index < -0.39 is 23.3 Å². The minimum atomic E-state index is -0.866. The van der Waals surface area contributed by atoms with Crippen molar-refractivity contribution in [3.05, 3.63) is 35.4 Å². The number of alkyl carbamates (subject to hydrolysis) is 1. The first-order valence-corrected chi connectivity index (χ1v) is 7.80. The standard InChI is InChI=1S/C17H26F2N2O2/c1-6-12(21-16(22)23-17(3,4)5)10-20-11(2)13-8-7-9-14(18)15(13)19/h7-9,11-12,20H,6,10H2,1-5H3,(H,21,22). The predicted octanol–water partition coefficient (Wildman–Crippen LogP) is 3.92. The Morgan fingerprint density at radius 1 is 1.30 bits per heavy atom. The molecule has 1 rings (SSSR count). The summed E-state index contributed by atoms with van der Waals surface area (Å²) in [6.45, 7) is 9.48. The summed E-state index contributed by atoms with van der Waals surface area (Å²) in [4.78, 5) is 11.8. The average molecular weight is 328 g/mol. The molecule has 1 aromatic carbocycles. The largest absolute Gasteiger partial charge is 0.444 e. The number of hydrogen-bond donors (Lipinski definition) is 2. The lowest BCUT2D eigenvalue weighted by molar-refractivity contribution is 0.0502. The maximum atomic E-state index is 13.7. The zero-order valence-electron chi connectivity index (χ0n) is 14.4. The van der Waals surface area contributed by atoms with Crippen molar-refractivity contribution >= 4 is 6.09 Å². The molecule has 0 radical (unpaired) electrons. The monoisotopic (exact) mass is 328 g/mol. The van der Waals surface area contributed by atoms with Crippen molar-refractivity contribution in [2.45, 2.75) is 58.7 Å². The summed E-state index contributed by atoms with van der Waals surface area (Å²) in [5.74, 6) is -1.71. The lowest BCUT2D eigenvalue weighted by atomic mass is 10.1. The number of rotatable bonds is 6. The highest BCUT2D eigenvalue weighted by atomic mass is 19.2. The minimum absolute atomic E-state index is 0.163. The van der Waals surface area contributed by atoms with E-state index >= 15 is 0 Å². The van der Waals surface area contributed by atoms with Gasteiger partial charge >= 0.3 is 6.09 Å². The van der Waals surface area contributed by atoms with Gasteiger partial charge in [-0.25, -0.2) is 13.6 Å². The first kappa shape index (κ1) is 19.4. The summed E-state index contributed by atoms with van der Waals surface area (Å²) in [7, 11) is 0. The molecule has 130 valence electrons. The highest BCUT2D eigenvalue weighted by molar-refractivity contribution is 5.68. The van der Waals surface area contributed by atoms with Crippen molar-refractivity contribution in [2.24, 2.45) is 0 Å². The van der Waals surface area contributed by atoms with Gasteiger partial charge in [-0.05, 0) is 40.2 Å².